The van der Waals surface area contributed by atoms with E-state index in [2.05, 4.69) is 20.3 Å². The van der Waals surface area contributed by atoms with Crippen LogP contribution in [-0.2, 0) is 0 Å². The SMILES string of the molecule is Nc1ncc(Cl)c(Nc2ccccc2-c2ccccn2)n1. The minimum Gasteiger partial charge on any atom is -0.368 e. The van der Waals surface area contributed by atoms with Crippen LogP contribution in [0.5, 0.6) is 0 Å². The van der Waals surface area contributed by atoms with Gasteiger partial charge in [0, 0.05) is 17.4 Å². The molecule has 0 unspecified atom stereocenters. The Morgan fingerprint density at radius 2 is 1.81 bits per heavy atom. The zero-order valence-electron chi connectivity index (χ0n) is 11.0. The third kappa shape index (κ3) is 2.93. The van der Waals surface area contributed by atoms with Gasteiger partial charge in [-0.25, -0.2) is 4.98 Å². The molecule has 0 atom stereocenters. The molecule has 1 aromatic carbocycles. The molecule has 3 rings (SSSR count). The molecule has 5 nitrogen and oxygen atoms in total. The Labute approximate surface area is 126 Å². The Balaban J connectivity index is 2.02. The molecule has 2 heterocycles. The van der Waals surface area contributed by atoms with E-state index >= 15 is 0 Å². The lowest BCUT2D eigenvalue weighted by Gasteiger charge is -2.12. The van der Waals surface area contributed by atoms with Gasteiger partial charge in [-0.1, -0.05) is 35.9 Å². The highest BCUT2D eigenvalue weighted by atomic mass is 35.5. The molecule has 0 bridgehead atoms. The van der Waals surface area contributed by atoms with E-state index in [0.29, 0.717) is 10.8 Å². The lowest BCUT2D eigenvalue weighted by Crippen LogP contribution is -2.01. The normalized spacial score (nSPS) is 10.3. The summed E-state index contributed by atoms with van der Waals surface area (Å²) in [6.07, 6.45) is 3.22. The van der Waals surface area contributed by atoms with Crippen molar-refractivity contribution in [1.82, 2.24) is 15.0 Å². The molecule has 6 heteroatoms. The van der Waals surface area contributed by atoms with Crippen LogP contribution in [0.4, 0.5) is 17.5 Å². The number of nitrogen functional groups attached to an aromatic ring is 1. The first-order chi connectivity index (χ1) is 10.2. The largest absolute Gasteiger partial charge is 0.368 e. The fourth-order valence-corrected chi connectivity index (χ4v) is 2.07. The van der Waals surface area contributed by atoms with Gasteiger partial charge in [0.1, 0.15) is 5.02 Å². The number of nitrogens with zero attached hydrogens (tertiary/aromatic N) is 3. The molecule has 3 N–H and O–H groups in total. The van der Waals surface area contributed by atoms with Crippen LogP contribution in [0.25, 0.3) is 11.3 Å². The lowest BCUT2D eigenvalue weighted by molar-refractivity contribution is 1.18. The van der Waals surface area contributed by atoms with Crippen molar-refractivity contribution < 1.29 is 0 Å². The Hall–Kier alpha value is -2.66. The van der Waals surface area contributed by atoms with Crippen LogP contribution >= 0.6 is 11.6 Å². The van der Waals surface area contributed by atoms with Gasteiger partial charge in [0.15, 0.2) is 5.82 Å². The molecule has 0 saturated heterocycles. The van der Waals surface area contributed by atoms with E-state index in [4.69, 9.17) is 17.3 Å². The Kier molecular flexibility index (Phi) is 3.66. The minimum atomic E-state index is 0.164. The zero-order valence-corrected chi connectivity index (χ0v) is 11.7. The van der Waals surface area contributed by atoms with E-state index < -0.39 is 0 Å². The summed E-state index contributed by atoms with van der Waals surface area (Å²) in [6, 6.07) is 13.5. The molecule has 2 aromatic heterocycles. The van der Waals surface area contributed by atoms with Crippen LogP contribution < -0.4 is 11.1 Å². The number of nitrogens with two attached hydrogens (primary N) is 1. The number of para-hydroxylation sites is 1. The van der Waals surface area contributed by atoms with Crippen molar-refractivity contribution in [3.8, 4) is 11.3 Å². The average Bonchev–Trinajstić information content (AvgIpc) is 2.52. The number of rotatable bonds is 3. The first-order valence-corrected chi connectivity index (χ1v) is 6.67. The average molecular weight is 298 g/mol. The topological polar surface area (TPSA) is 76.7 Å². The Bertz CT molecular complexity index is 761. The summed E-state index contributed by atoms with van der Waals surface area (Å²) in [7, 11) is 0. The van der Waals surface area contributed by atoms with Gasteiger partial charge in [-0.15, -0.1) is 0 Å². The van der Waals surface area contributed by atoms with Crippen molar-refractivity contribution in [2.45, 2.75) is 0 Å². The van der Waals surface area contributed by atoms with Crippen LogP contribution in [0.3, 0.4) is 0 Å². The molecular weight excluding hydrogens is 286 g/mol. The number of aromatic nitrogens is 3. The van der Waals surface area contributed by atoms with E-state index in [1.165, 1.54) is 6.20 Å². The monoisotopic (exact) mass is 297 g/mol. The molecule has 0 amide bonds. The molecule has 0 aliphatic carbocycles. The maximum atomic E-state index is 6.09. The van der Waals surface area contributed by atoms with E-state index in [9.17, 15) is 0 Å². The van der Waals surface area contributed by atoms with Crippen LogP contribution in [0.15, 0.2) is 54.9 Å². The van der Waals surface area contributed by atoms with Gasteiger partial charge in [0.25, 0.3) is 0 Å². The van der Waals surface area contributed by atoms with Crippen LogP contribution in [0, 0.1) is 0 Å². The summed E-state index contributed by atoms with van der Waals surface area (Å²) < 4.78 is 0. The number of pyridine rings is 1. The smallest absolute Gasteiger partial charge is 0.222 e. The van der Waals surface area contributed by atoms with E-state index in [0.717, 1.165) is 16.9 Å². The van der Waals surface area contributed by atoms with Crippen molar-refractivity contribution in [2.75, 3.05) is 11.1 Å². The number of hydrogen-bond donors (Lipinski definition) is 2. The second-order valence-corrected chi connectivity index (χ2v) is 4.72. The second kappa shape index (κ2) is 5.76. The van der Waals surface area contributed by atoms with Gasteiger partial charge >= 0.3 is 0 Å². The number of anilines is 3. The van der Waals surface area contributed by atoms with Gasteiger partial charge in [-0.05, 0) is 18.2 Å². The fourth-order valence-electron chi connectivity index (χ4n) is 1.93. The fraction of sp³-hybridized carbons (Fsp3) is 0. The van der Waals surface area contributed by atoms with Crippen LogP contribution in [0.1, 0.15) is 0 Å². The highest BCUT2D eigenvalue weighted by Gasteiger charge is 2.09. The van der Waals surface area contributed by atoms with Gasteiger partial charge in [0.2, 0.25) is 5.95 Å². The highest BCUT2D eigenvalue weighted by molar-refractivity contribution is 6.32. The first kappa shape index (κ1) is 13.3. The Morgan fingerprint density at radius 3 is 2.62 bits per heavy atom. The van der Waals surface area contributed by atoms with Crippen molar-refractivity contribution in [3.63, 3.8) is 0 Å². The minimum absolute atomic E-state index is 0.164. The summed E-state index contributed by atoms with van der Waals surface area (Å²) >= 11 is 6.09. The standard InChI is InChI=1S/C15H12ClN5/c16-11-9-19-15(17)21-14(11)20-13-7-2-1-5-10(13)12-6-3-4-8-18-12/h1-9H,(H3,17,19,20,21). The first-order valence-electron chi connectivity index (χ1n) is 6.29. The zero-order chi connectivity index (χ0) is 14.7. The quantitative estimate of drug-likeness (QED) is 0.773. The third-order valence-electron chi connectivity index (χ3n) is 2.88. The summed E-state index contributed by atoms with van der Waals surface area (Å²) in [4.78, 5) is 12.3. The molecule has 0 fully saturated rings. The highest BCUT2D eigenvalue weighted by Crippen LogP contribution is 2.30. The predicted octanol–water partition coefficient (Wildman–Crippen LogP) is 3.52. The molecule has 0 radical (unpaired) electrons. The molecule has 0 spiro atoms. The molecule has 21 heavy (non-hydrogen) atoms. The molecule has 0 aliphatic heterocycles. The number of benzene rings is 1. The van der Waals surface area contributed by atoms with E-state index in [1.54, 1.807) is 6.20 Å². The maximum absolute atomic E-state index is 6.09. The van der Waals surface area contributed by atoms with Crippen LogP contribution in [0.2, 0.25) is 5.02 Å². The molecule has 0 aliphatic rings. The Morgan fingerprint density at radius 1 is 1.00 bits per heavy atom. The summed E-state index contributed by atoms with van der Waals surface area (Å²) in [6.45, 7) is 0. The van der Waals surface area contributed by atoms with Crippen molar-refractivity contribution in [3.05, 3.63) is 59.9 Å². The summed E-state index contributed by atoms with van der Waals surface area (Å²) in [5.41, 5.74) is 8.25. The number of nitrogens with one attached hydrogen (secondary N) is 1. The van der Waals surface area contributed by atoms with Gasteiger partial charge in [-0.2, -0.15) is 4.98 Å². The number of hydrogen-bond acceptors (Lipinski definition) is 5. The van der Waals surface area contributed by atoms with Gasteiger partial charge in [0.05, 0.1) is 11.9 Å². The molecular formula is C15H12ClN5. The van der Waals surface area contributed by atoms with Gasteiger partial charge in [-0.3, -0.25) is 4.98 Å². The maximum Gasteiger partial charge on any atom is 0.222 e. The van der Waals surface area contributed by atoms with E-state index in [1.807, 2.05) is 42.5 Å². The predicted molar refractivity (Wildman–Crippen MR) is 84.4 cm³/mol. The summed E-state index contributed by atoms with van der Waals surface area (Å²) in [5.74, 6) is 0.629. The van der Waals surface area contributed by atoms with Gasteiger partial charge < -0.3 is 11.1 Å². The molecule has 104 valence electrons. The third-order valence-corrected chi connectivity index (χ3v) is 3.16. The second-order valence-electron chi connectivity index (χ2n) is 4.31. The van der Waals surface area contributed by atoms with E-state index in [-0.39, 0.29) is 5.95 Å². The lowest BCUT2D eigenvalue weighted by atomic mass is 10.1. The number of halogens is 1. The molecule has 3 aromatic rings. The van der Waals surface area contributed by atoms with Crippen molar-refractivity contribution in [2.24, 2.45) is 0 Å². The van der Waals surface area contributed by atoms with Crippen LogP contribution in [-0.4, -0.2) is 15.0 Å². The van der Waals surface area contributed by atoms with Crippen molar-refractivity contribution in [1.29, 1.82) is 0 Å². The van der Waals surface area contributed by atoms with Crippen molar-refractivity contribution >= 4 is 29.1 Å². The summed E-state index contributed by atoms with van der Waals surface area (Å²) in [5, 5.41) is 3.58. The molecule has 0 saturated carbocycles.